The van der Waals surface area contributed by atoms with E-state index >= 15 is 0 Å². The molecule has 0 fully saturated rings. The first-order valence-corrected chi connectivity index (χ1v) is 7.11. The summed E-state index contributed by atoms with van der Waals surface area (Å²) in [7, 11) is 1.58. The van der Waals surface area contributed by atoms with Gasteiger partial charge < -0.3 is 15.5 Å². The summed E-state index contributed by atoms with van der Waals surface area (Å²) < 4.78 is 5.12. The maximum atomic E-state index is 12.0. The first-order valence-electron chi connectivity index (χ1n) is 6.70. The molecule has 0 saturated heterocycles. The quantitative estimate of drug-likeness (QED) is 0.330. The standard InChI is InChI=1S/C15H17N5O2S/c1-22-13-4-2-3-12(9-13)17-15(23)20-19-14(21)10-5-7-11(18-16)8-6-10/h2-9,18H,16H2,1H3,(H,19,21)(H2,17,20,23). The second kappa shape index (κ2) is 7.97. The van der Waals surface area contributed by atoms with Gasteiger partial charge in [0, 0.05) is 23.0 Å². The Morgan fingerprint density at radius 3 is 2.48 bits per heavy atom. The Bertz CT molecular complexity index is 691. The minimum absolute atomic E-state index is 0.256. The number of ether oxygens (including phenoxy) is 1. The molecule has 0 aliphatic heterocycles. The van der Waals surface area contributed by atoms with Crippen LogP contribution in [0.2, 0.25) is 0 Å². The fourth-order valence-electron chi connectivity index (χ4n) is 1.77. The second-order valence-corrected chi connectivity index (χ2v) is 4.90. The lowest BCUT2D eigenvalue weighted by molar-refractivity contribution is 0.0944. The summed E-state index contributed by atoms with van der Waals surface area (Å²) >= 11 is 5.12. The highest BCUT2D eigenvalue weighted by Crippen LogP contribution is 2.16. The predicted octanol–water partition coefficient (Wildman–Crippen LogP) is 1.61. The zero-order chi connectivity index (χ0) is 16.7. The van der Waals surface area contributed by atoms with E-state index in [4.69, 9.17) is 22.8 Å². The van der Waals surface area contributed by atoms with Crippen molar-refractivity contribution in [3.05, 3.63) is 54.1 Å². The SMILES string of the molecule is COc1cccc(NC(=S)NNC(=O)c2ccc(NN)cc2)c1. The van der Waals surface area contributed by atoms with E-state index in [0.717, 1.165) is 5.69 Å². The van der Waals surface area contributed by atoms with E-state index < -0.39 is 0 Å². The molecule has 0 aromatic heterocycles. The molecule has 7 nitrogen and oxygen atoms in total. The Morgan fingerprint density at radius 2 is 1.83 bits per heavy atom. The maximum absolute atomic E-state index is 12.0. The number of carbonyl (C=O) groups is 1. The third-order valence-electron chi connectivity index (χ3n) is 2.93. The van der Waals surface area contributed by atoms with E-state index in [0.29, 0.717) is 17.0 Å². The lowest BCUT2D eigenvalue weighted by Crippen LogP contribution is -2.43. The summed E-state index contributed by atoms with van der Waals surface area (Å²) in [5.41, 5.74) is 9.57. The molecule has 1 amide bonds. The molecule has 23 heavy (non-hydrogen) atoms. The minimum atomic E-state index is -0.316. The van der Waals surface area contributed by atoms with Gasteiger partial charge in [0.2, 0.25) is 0 Å². The third-order valence-corrected chi connectivity index (χ3v) is 3.14. The van der Waals surface area contributed by atoms with Gasteiger partial charge in [-0.25, -0.2) is 0 Å². The molecule has 120 valence electrons. The molecule has 0 aliphatic rings. The van der Waals surface area contributed by atoms with E-state index in [1.54, 1.807) is 37.4 Å². The average molecular weight is 331 g/mol. The van der Waals surface area contributed by atoms with Crippen LogP contribution >= 0.6 is 12.2 Å². The Hall–Kier alpha value is -2.84. The Labute approximate surface area is 139 Å². The molecule has 0 spiro atoms. The Balaban J connectivity index is 1.86. The minimum Gasteiger partial charge on any atom is -0.497 e. The number of anilines is 2. The molecule has 2 aromatic rings. The molecule has 8 heteroatoms. The molecule has 2 rings (SSSR count). The molecular weight excluding hydrogens is 314 g/mol. The van der Waals surface area contributed by atoms with E-state index in [2.05, 4.69) is 21.6 Å². The number of hydrogen-bond donors (Lipinski definition) is 5. The highest BCUT2D eigenvalue weighted by Gasteiger charge is 2.06. The van der Waals surface area contributed by atoms with Crippen LogP contribution in [0.15, 0.2) is 48.5 Å². The molecule has 0 radical (unpaired) electrons. The van der Waals surface area contributed by atoms with Crippen molar-refractivity contribution in [2.45, 2.75) is 0 Å². The average Bonchev–Trinajstić information content (AvgIpc) is 2.60. The van der Waals surface area contributed by atoms with Crippen LogP contribution in [-0.2, 0) is 0 Å². The van der Waals surface area contributed by atoms with Crippen molar-refractivity contribution in [2.24, 2.45) is 5.84 Å². The summed E-state index contributed by atoms with van der Waals surface area (Å²) in [6, 6.07) is 13.9. The van der Waals surface area contributed by atoms with Crippen LogP contribution in [0.1, 0.15) is 10.4 Å². The molecule has 0 heterocycles. The summed E-state index contributed by atoms with van der Waals surface area (Å²) in [6.07, 6.45) is 0. The van der Waals surface area contributed by atoms with Gasteiger partial charge in [0.15, 0.2) is 5.11 Å². The summed E-state index contributed by atoms with van der Waals surface area (Å²) in [5, 5.41) is 3.20. The van der Waals surface area contributed by atoms with Crippen molar-refractivity contribution in [1.29, 1.82) is 0 Å². The zero-order valence-electron chi connectivity index (χ0n) is 12.4. The van der Waals surface area contributed by atoms with Crippen molar-refractivity contribution >= 4 is 34.6 Å². The molecule has 0 bridgehead atoms. The number of benzene rings is 2. The number of methoxy groups -OCH3 is 1. The van der Waals surface area contributed by atoms with Crippen molar-refractivity contribution in [3.63, 3.8) is 0 Å². The fourth-order valence-corrected chi connectivity index (χ4v) is 1.94. The van der Waals surface area contributed by atoms with Gasteiger partial charge in [-0.2, -0.15) is 0 Å². The molecule has 0 atom stereocenters. The molecule has 2 aromatic carbocycles. The second-order valence-electron chi connectivity index (χ2n) is 4.49. The largest absolute Gasteiger partial charge is 0.497 e. The topological polar surface area (TPSA) is 100 Å². The number of nitrogen functional groups attached to an aromatic ring is 1. The van der Waals surface area contributed by atoms with Gasteiger partial charge >= 0.3 is 0 Å². The van der Waals surface area contributed by atoms with Gasteiger partial charge in [-0.3, -0.25) is 21.5 Å². The first-order chi connectivity index (χ1) is 11.1. The molecular formula is C15H17N5O2S. The third kappa shape index (κ3) is 4.83. The van der Waals surface area contributed by atoms with Crippen LogP contribution in [0.5, 0.6) is 5.75 Å². The van der Waals surface area contributed by atoms with Crippen LogP contribution in [0.4, 0.5) is 11.4 Å². The van der Waals surface area contributed by atoms with Crippen LogP contribution in [-0.4, -0.2) is 18.1 Å². The fraction of sp³-hybridized carbons (Fsp3) is 0.0667. The van der Waals surface area contributed by atoms with Crippen molar-refractivity contribution in [3.8, 4) is 5.75 Å². The number of hydrazine groups is 2. The molecule has 0 saturated carbocycles. The number of nitrogens with two attached hydrogens (primary N) is 1. The number of nitrogens with one attached hydrogen (secondary N) is 4. The molecule has 0 unspecified atom stereocenters. The molecule has 0 aliphatic carbocycles. The summed E-state index contributed by atoms with van der Waals surface area (Å²) in [5.74, 6) is 5.66. The number of rotatable bonds is 4. The van der Waals surface area contributed by atoms with Crippen molar-refractivity contribution in [1.82, 2.24) is 10.9 Å². The van der Waals surface area contributed by atoms with Gasteiger partial charge in [-0.05, 0) is 48.6 Å². The van der Waals surface area contributed by atoms with Crippen molar-refractivity contribution < 1.29 is 9.53 Å². The number of carbonyl (C=O) groups excluding carboxylic acids is 1. The van der Waals surface area contributed by atoms with Gasteiger partial charge in [0.1, 0.15) is 5.75 Å². The van der Waals surface area contributed by atoms with Gasteiger partial charge in [-0.1, -0.05) is 6.07 Å². The highest BCUT2D eigenvalue weighted by atomic mass is 32.1. The van der Waals surface area contributed by atoms with Crippen molar-refractivity contribution in [2.75, 3.05) is 17.9 Å². The van der Waals surface area contributed by atoms with E-state index in [-0.39, 0.29) is 11.0 Å². The van der Waals surface area contributed by atoms with Gasteiger partial charge in [0.25, 0.3) is 5.91 Å². The first kappa shape index (κ1) is 16.5. The monoisotopic (exact) mass is 331 g/mol. The van der Waals surface area contributed by atoms with E-state index in [1.807, 2.05) is 18.2 Å². The van der Waals surface area contributed by atoms with E-state index in [9.17, 15) is 4.79 Å². The number of thiocarbonyl (C=S) groups is 1. The van der Waals surface area contributed by atoms with Crippen LogP contribution in [0.3, 0.4) is 0 Å². The lowest BCUT2D eigenvalue weighted by atomic mass is 10.2. The Morgan fingerprint density at radius 1 is 1.09 bits per heavy atom. The van der Waals surface area contributed by atoms with Crippen LogP contribution in [0.25, 0.3) is 0 Å². The predicted molar refractivity (Wildman–Crippen MR) is 94.1 cm³/mol. The summed E-state index contributed by atoms with van der Waals surface area (Å²) in [4.78, 5) is 12.0. The number of hydrogen-bond acceptors (Lipinski definition) is 5. The van der Waals surface area contributed by atoms with E-state index in [1.165, 1.54) is 0 Å². The Kier molecular flexibility index (Phi) is 5.73. The molecule has 6 N–H and O–H groups in total. The lowest BCUT2D eigenvalue weighted by Gasteiger charge is -2.12. The highest BCUT2D eigenvalue weighted by molar-refractivity contribution is 7.80. The summed E-state index contributed by atoms with van der Waals surface area (Å²) in [6.45, 7) is 0. The zero-order valence-corrected chi connectivity index (χ0v) is 13.2. The number of amides is 1. The van der Waals surface area contributed by atoms with Gasteiger partial charge in [0.05, 0.1) is 7.11 Å². The van der Waals surface area contributed by atoms with Gasteiger partial charge in [-0.15, -0.1) is 0 Å². The van der Waals surface area contributed by atoms with Crippen LogP contribution < -0.4 is 32.2 Å². The van der Waals surface area contributed by atoms with Crippen LogP contribution in [0, 0.1) is 0 Å². The normalized spacial score (nSPS) is 9.65. The maximum Gasteiger partial charge on any atom is 0.269 e. The smallest absolute Gasteiger partial charge is 0.269 e.